The van der Waals surface area contributed by atoms with Gasteiger partial charge in [-0.15, -0.1) is 0 Å². The van der Waals surface area contributed by atoms with Gasteiger partial charge < -0.3 is 5.11 Å². The second-order valence-electron chi connectivity index (χ2n) is 18.6. The average Bonchev–Trinajstić information content (AvgIpc) is 3.66. The molecule has 0 aliphatic carbocycles. The third-order valence-corrected chi connectivity index (χ3v) is 11.6. The van der Waals surface area contributed by atoms with E-state index in [0.717, 1.165) is 67.6 Å². The number of aromatic nitrogens is 3. The molecule has 0 radical (unpaired) electrons. The van der Waals surface area contributed by atoms with Crippen LogP contribution in [0.2, 0.25) is 0 Å². The number of hydrogen-bond acceptors (Lipinski definition) is 3. The maximum atomic E-state index is 12.3. The first-order valence-corrected chi connectivity index (χ1v) is 21.6. The molecule has 4 nitrogen and oxygen atoms in total. The van der Waals surface area contributed by atoms with Crippen molar-refractivity contribution in [3.63, 3.8) is 0 Å². The number of rotatable bonds is 10. The minimum absolute atomic E-state index is 0.0460. The molecule has 0 aliphatic heterocycles. The highest BCUT2D eigenvalue weighted by atomic mass is 16.3. The number of hydrogen-bond donors (Lipinski definition) is 1. The van der Waals surface area contributed by atoms with E-state index in [9.17, 15) is 5.11 Å². The minimum atomic E-state index is -0.251. The topological polar surface area (TPSA) is 50.9 Å². The average molecular weight is 806 g/mol. The van der Waals surface area contributed by atoms with E-state index in [1.807, 2.05) is 12.1 Å². The number of nitrogens with zero attached hydrogens (tertiary/aromatic N) is 3. The van der Waals surface area contributed by atoms with Gasteiger partial charge in [0.2, 0.25) is 0 Å². The maximum absolute atomic E-state index is 12.3. The summed E-state index contributed by atoms with van der Waals surface area (Å²) in [7, 11) is 0. The third-order valence-electron chi connectivity index (χ3n) is 11.6. The van der Waals surface area contributed by atoms with Crippen molar-refractivity contribution in [2.45, 2.75) is 92.9 Å². The Morgan fingerprint density at radius 1 is 0.656 bits per heavy atom. The van der Waals surface area contributed by atoms with Crippen LogP contribution in [0.5, 0.6) is 5.75 Å². The standard InChI is InChI=1S/C57H59N3O/c1-35(2)27-39-21-24-52(49(28-39)41-15-12-11-13-16-41)60-53-18-14-17-47(54(53)59-56(60)50-33-43(36(3)4)32-48(37(5)6)55(50)61)44-29-45(31-46(30-44)57(8,9)10)51-34-42(25-26-58-51)40-22-19-38(7)20-23-40/h11-26,28-37,61H,27H2,1-10H3/i19D,20D,22D,23D. The second-order valence-corrected chi connectivity index (χ2v) is 18.6. The number of imidazole rings is 1. The van der Waals surface area contributed by atoms with Crippen LogP contribution in [0, 0.1) is 12.8 Å². The van der Waals surface area contributed by atoms with Gasteiger partial charge in [0.1, 0.15) is 11.6 Å². The molecule has 0 saturated heterocycles. The van der Waals surface area contributed by atoms with Crippen molar-refractivity contribution < 1.29 is 10.6 Å². The van der Waals surface area contributed by atoms with E-state index < -0.39 is 0 Å². The van der Waals surface area contributed by atoms with Crippen LogP contribution in [0.1, 0.15) is 107 Å². The van der Waals surface area contributed by atoms with E-state index in [0.29, 0.717) is 34.1 Å². The summed E-state index contributed by atoms with van der Waals surface area (Å²) >= 11 is 0. The van der Waals surface area contributed by atoms with Crippen molar-refractivity contribution in [2.24, 2.45) is 5.92 Å². The summed E-state index contributed by atoms with van der Waals surface area (Å²) in [5.41, 5.74) is 14.1. The van der Waals surface area contributed by atoms with Gasteiger partial charge in [-0.25, -0.2) is 4.98 Å². The van der Waals surface area contributed by atoms with Crippen LogP contribution in [-0.2, 0) is 11.8 Å². The predicted octanol–water partition coefficient (Wildman–Crippen LogP) is 15.5. The first kappa shape index (κ1) is 36.6. The van der Waals surface area contributed by atoms with Crippen LogP contribution in [-0.4, -0.2) is 19.6 Å². The van der Waals surface area contributed by atoms with Crippen LogP contribution in [0.4, 0.5) is 0 Å². The summed E-state index contributed by atoms with van der Waals surface area (Å²) < 4.78 is 36.9. The number of fused-ring (bicyclic) bond motifs is 1. The Labute approximate surface area is 368 Å². The van der Waals surface area contributed by atoms with Gasteiger partial charge in [-0.3, -0.25) is 9.55 Å². The summed E-state index contributed by atoms with van der Waals surface area (Å²) in [6.07, 6.45) is 2.62. The van der Waals surface area contributed by atoms with Gasteiger partial charge >= 0.3 is 0 Å². The highest BCUT2D eigenvalue weighted by Gasteiger charge is 2.26. The first-order chi connectivity index (χ1) is 30.8. The molecule has 8 aromatic rings. The van der Waals surface area contributed by atoms with Crippen LogP contribution in [0.3, 0.4) is 0 Å². The van der Waals surface area contributed by atoms with Crippen LogP contribution in [0.15, 0.2) is 140 Å². The van der Waals surface area contributed by atoms with Gasteiger partial charge in [-0.2, -0.15) is 0 Å². The molecule has 0 fully saturated rings. The fourth-order valence-corrected chi connectivity index (χ4v) is 8.23. The second kappa shape index (κ2) is 16.7. The summed E-state index contributed by atoms with van der Waals surface area (Å²) in [6, 6.07) is 37.7. The van der Waals surface area contributed by atoms with Crippen molar-refractivity contribution >= 4 is 11.0 Å². The van der Waals surface area contributed by atoms with E-state index in [4.69, 9.17) is 15.5 Å². The Balaban J connectivity index is 1.43. The van der Waals surface area contributed by atoms with Crippen LogP contribution < -0.4 is 0 Å². The van der Waals surface area contributed by atoms with E-state index >= 15 is 0 Å². The van der Waals surface area contributed by atoms with Crippen LogP contribution in [0.25, 0.3) is 72.7 Å². The number of phenolic OH excluding ortho intramolecular Hbond substituents is 1. The lowest BCUT2D eigenvalue weighted by Crippen LogP contribution is -2.11. The lowest BCUT2D eigenvalue weighted by atomic mass is 9.83. The monoisotopic (exact) mass is 805 g/mol. The van der Waals surface area contributed by atoms with Crippen molar-refractivity contribution in [2.75, 3.05) is 0 Å². The Morgan fingerprint density at radius 3 is 2.08 bits per heavy atom. The lowest BCUT2D eigenvalue weighted by molar-refractivity contribution is 0.466. The smallest absolute Gasteiger partial charge is 0.149 e. The van der Waals surface area contributed by atoms with Gasteiger partial charge in [0.25, 0.3) is 0 Å². The number of benzene rings is 6. The first-order valence-electron chi connectivity index (χ1n) is 23.6. The maximum Gasteiger partial charge on any atom is 0.149 e. The van der Waals surface area contributed by atoms with E-state index in [1.165, 1.54) is 5.56 Å². The largest absolute Gasteiger partial charge is 0.507 e. The summed E-state index contributed by atoms with van der Waals surface area (Å²) in [5.74, 6) is 1.67. The number of aromatic hydroxyl groups is 1. The Bertz CT molecular complexity index is 3070. The van der Waals surface area contributed by atoms with Crippen LogP contribution >= 0.6 is 0 Å². The normalized spacial score (nSPS) is 12.9. The summed E-state index contributed by atoms with van der Waals surface area (Å²) in [5, 5.41) is 12.3. The molecule has 0 atom stereocenters. The summed E-state index contributed by atoms with van der Waals surface area (Å²) in [4.78, 5) is 10.4. The SMILES string of the molecule is [2H]c1c([2H])c(-c2ccnc(-c3cc(-c4cccc5c4nc(-c4cc(C(C)C)cc(C(C)C)c4O)n5-c4ccc(CC(C)C)cc4-c4ccccc4)cc(C(C)(C)C)c3)c2)c([2H])c([2H])c1C. The molecule has 8 rings (SSSR count). The van der Waals surface area contributed by atoms with E-state index in [1.54, 1.807) is 19.2 Å². The molecule has 2 heterocycles. The fraction of sp³-hybridized carbons (Fsp3) is 0.263. The van der Waals surface area contributed by atoms with Crippen molar-refractivity contribution in [3.8, 4) is 67.5 Å². The zero-order valence-electron chi connectivity index (χ0n) is 41.2. The molecule has 1 N–H and O–H groups in total. The number of para-hydroxylation sites is 1. The Hall–Kier alpha value is -6.26. The molecule has 0 saturated carbocycles. The molecular formula is C57H59N3O. The van der Waals surface area contributed by atoms with Gasteiger partial charge in [-0.05, 0) is 130 Å². The molecule has 308 valence electrons. The molecule has 61 heavy (non-hydrogen) atoms. The fourth-order valence-electron chi connectivity index (χ4n) is 8.23. The highest BCUT2D eigenvalue weighted by molar-refractivity contribution is 5.98. The van der Waals surface area contributed by atoms with Crippen molar-refractivity contribution in [3.05, 3.63) is 167 Å². The quantitative estimate of drug-likeness (QED) is 0.150. The van der Waals surface area contributed by atoms with Gasteiger partial charge in [-0.1, -0.05) is 153 Å². The Morgan fingerprint density at radius 2 is 1.39 bits per heavy atom. The molecule has 0 amide bonds. The van der Waals surface area contributed by atoms with Crippen molar-refractivity contribution in [1.29, 1.82) is 0 Å². The molecule has 0 aliphatic rings. The lowest BCUT2D eigenvalue weighted by Gasteiger charge is -2.22. The number of phenols is 1. The van der Waals surface area contributed by atoms with E-state index in [2.05, 4.69) is 158 Å². The zero-order valence-corrected chi connectivity index (χ0v) is 37.2. The third kappa shape index (κ3) is 8.42. The van der Waals surface area contributed by atoms with Gasteiger partial charge in [0.05, 0.1) is 33.5 Å². The molecular weight excluding hydrogens is 743 g/mol. The minimum Gasteiger partial charge on any atom is -0.507 e. The molecule has 6 aromatic carbocycles. The zero-order chi connectivity index (χ0) is 46.6. The summed E-state index contributed by atoms with van der Waals surface area (Å²) in [6.45, 7) is 21.3. The van der Waals surface area contributed by atoms with Crippen molar-refractivity contribution in [1.82, 2.24) is 14.5 Å². The molecule has 2 aromatic heterocycles. The highest BCUT2D eigenvalue weighted by Crippen LogP contribution is 2.44. The number of pyridine rings is 1. The van der Waals surface area contributed by atoms with Gasteiger partial charge in [0.15, 0.2) is 0 Å². The van der Waals surface area contributed by atoms with Gasteiger partial charge in [0, 0.05) is 22.9 Å². The molecule has 0 unspecified atom stereocenters. The van der Waals surface area contributed by atoms with E-state index in [-0.39, 0.29) is 52.7 Å². The predicted molar refractivity (Wildman–Crippen MR) is 258 cm³/mol. The molecule has 0 bridgehead atoms. The molecule has 4 heteroatoms. The Kier molecular flexibility index (Phi) is 9.99. The molecule has 0 spiro atoms.